The van der Waals surface area contributed by atoms with Crippen molar-refractivity contribution in [2.75, 3.05) is 31.5 Å². The molecule has 2 fully saturated rings. The van der Waals surface area contributed by atoms with Crippen LogP contribution in [0.4, 0.5) is 10.5 Å². The Kier molecular flexibility index (Phi) is 8.00. The van der Waals surface area contributed by atoms with Crippen LogP contribution in [-0.2, 0) is 5.60 Å². The van der Waals surface area contributed by atoms with Crippen LogP contribution in [0, 0.1) is 11.3 Å². The molecule has 0 spiro atoms. The molecule has 1 saturated heterocycles. The average Bonchev–Trinajstić information content (AvgIpc) is 3.36. The Morgan fingerprint density at radius 1 is 1.15 bits per heavy atom. The van der Waals surface area contributed by atoms with Crippen LogP contribution in [0.25, 0.3) is 0 Å². The van der Waals surface area contributed by atoms with Gasteiger partial charge in [-0.3, -0.25) is 0 Å². The van der Waals surface area contributed by atoms with Crippen LogP contribution in [0.2, 0.25) is 10.0 Å². The van der Waals surface area contributed by atoms with Crippen LogP contribution in [0.1, 0.15) is 49.7 Å². The average molecular weight is 501 g/mol. The molecule has 2 N–H and O–H groups in total. The SMILES string of the molecule is N#Cc1cccc([C@]2(O)CC[C@@H](N(CCN3CCCC3)C(=O)Nc3ccc(Cl)c(Cl)c3)CC2)c1. The van der Waals surface area contributed by atoms with Crippen LogP contribution in [-0.4, -0.2) is 53.2 Å². The van der Waals surface area contributed by atoms with E-state index in [9.17, 15) is 15.2 Å². The van der Waals surface area contributed by atoms with Crippen LogP contribution >= 0.6 is 23.2 Å². The topological polar surface area (TPSA) is 79.6 Å². The number of hydrogen-bond donors (Lipinski definition) is 2. The highest BCUT2D eigenvalue weighted by Crippen LogP contribution is 2.39. The van der Waals surface area contributed by atoms with Gasteiger partial charge in [-0.1, -0.05) is 35.3 Å². The van der Waals surface area contributed by atoms with E-state index in [4.69, 9.17) is 23.2 Å². The first-order valence-corrected chi connectivity index (χ1v) is 12.6. The van der Waals surface area contributed by atoms with Crippen LogP contribution in [0.5, 0.6) is 0 Å². The molecule has 0 unspecified atom stereocenters. The van der Waals surface area contributed by atoms with Gasteiger partial charge in [0.25, 0.3) is 0 Å². The molecule has 2 aliphatic rings. The van der Waals surface area contributed by atoms with Crippen molar-refractivity contribution in [3.8, 4) is 6.07 Å². The maximum atomic E-state index is 13.3. The van der Waals surface area contributed by atoms with E-state index in [-0.39, 0.29) is 12.1 Å². The Balaban J connectivity index is 1.46. The first-order valence-electron chi connectivity index (χ1n) is 11.9. The van der Waals surface area contributed by atoms with Gasteiger partial charge in [-0.15, -0.1) is 0 Å². The summed E-state index contributed by atoms with van der Waals surface area (Å²) in [4.78, 5) is 17.7. The molecule has 2 aromatic rings. The Labute approximate surface area is 211 Å². The second-order valence-corrected chi connectivity index (χ2v) is 10.1. The minimum atomic E-state index is -0.982. The van der Waals surface area contributed by atoms with E-state index in [1.54, 1.807) is 30.3 Å². The molecule has 0 radical (unpaired) electrons. The normalized spacial score (nSPS) is 22.8. The Bertz CT molecular complexity index is 1060. The second kappa shape index (κ2) is 11.0. The number of hydrogen-bond acceptors (Lipinski definition) is 4. The third-order valence-electron chi connectivity index (χ3n) is 7.04. The highest BCUT2D eigenvalue weighted by molar-refractivity contribution is 6.42. The maximum absolute atomic E-state index is 13.3. The molecular formula is C26H30Cl2N4O2. The molecule has 180 valence electrons. The Morgan fingerprint density at radius 2 is 1.88 bits per heavy atom. The number of carbonyl (C=O) groups is 1. The molecule has 1 aliphatic heterocycles. The third kappa shape index (κ3) is 5.84. The number of aliphatic hydroxyl groups is 1. The minimum Gasteiger partial charge on any atom is -0.385 e. The zero-order valence-electron chi connectivity index (χ0n) is 19.1. The van der Waals surface area contributed by atoms with Crippen molar-refractivity contribution >= 4 is 34.9 Å². The van der Waals surface area contributed by atoms with Crippen molar-refractivity contribution in [2.45, 2.75) is 50.2 Å². The highest BCUT2D eigenvalue weighted by Gasteiger charge is 2.38. The standard InChI is InChI=1S/C26H30Cl2N4O2/c27-23-7-6-21(17-24(23)28)30-25(33)32(15-14-31-12-1-2-13-31)22-8-10-26(34,11-9-22)20-5-3-4-19(16-20)18-29/h3-7,16-17,22,34H,1-2,8-15H2,(H,30,33)/t22-,26+. The van der Waals surface area contributed by atoms with Crippen LogP contribution in [0.15, 0.2) is 42.5 Å². The van der Waals surface area contributed by atoms with E-state index < -0.39 is 5.60 Å². The van der Waals surface area contributed by atoms with Crippen molar-refractivity contribution in [3.05, 3.63) is 63.6 Å². The van der Waals surface area contributed by atoms with Gasteiger partial charge in [-0.2, -0.15) is 5.26 Å². The van der Waals surface area contributed by atoms with E-state index in [1.807, 2.05) is 17.0 Å². The number of halogens is 2. The Morgan fingerprint density at radius 3 is 2.56 bits per heavy atom. The van der Waals surface area contributed by atoms with Gasteiger partial charge >= 0.3 is 6.03 Å². The van der Waals surface area contributed by atoms with Gasteiger partial charge < -0.3 is 20.2 Å². The number of nitrogens with one attached hydrogen (secondary N) is 1. The zero-order chi connectivity index (χ0) is 24.1. The van der Waals surface area contributed by atoms with Gasteiger partial charge in [0.05, 0.1) is 27.3 Å². The van der Waals surface area contributed by atoms with Crippen molar-refractivity contribution in [1.82, 2.24) is 9.80 Å². The molecule has 34 heavy (non-hydrogen) atoms. The Hall–Kier alpha value is -2.30. The first kappa shape index (κ1) is 24.8. The summed E-state index contributed by atoms with van der Waals surface area (Å²) >= 11 is 12.2. The van der Waals surface area contributed by atoms with E-state index in [0.717, 1.165) is 25.2 Å². The summed E-state index contributed by atoms with van der Waals surface area (Å²) in [5, 5.41) is 24.4. The van der Waals surface area contributed by atoms with Gasteiger partial charge in [0.2, 0.25) is 0 Å². The van der Waals surface area contributed by atoms with Crippen molar-refractivity contribution in [2.24, 2.45) is 0 Å². The summed E-state index contributed by atoms with van der Waals surface area (Å²) in [6.07, 6.45) is 4.84. The van der Waals surface area contributed by atoms with Gasteiger partial charge in [0.1, 0.15) is 0 Å². The van der Waals surface area contributed by atoms with Crippen LogP contribution in [0.3, 0.4) is 0 Å². The number of nitriles is 1. The third-order valence-corrected chi connectivity index (χ3v) is 7.78. The van der Waals surface area contributed by atoms with Crippen molar-refractivity contribution < 1.29 is 9.90 Å². The lowest BCUT2D eigenvalue weighted by molar-refractivity contribution is -0.0198. The van der Waals surface area contributed by atoms with Gasteiger partial charge in [0, 0.05) is 24.8 Å². The molecule has 2 aromatic carbocycles. The molecule has 8 heteroatoms. The maximum Gasteiger partial charge on any atom is 0.322 e. The summed E-state index contributed by atoms with van der Waals surface area (Å²) in [5.41, 5.74) is 0.936. The lowest BCUT2D eigenvalue weighted by Gasteiger charge is -2.41. The summed E-state index contributed by atoms with van der Waals surface area (Å²) < 4.78 is 0. The van der Waals surface area contributed by atoms with E-state index in [1.165, 1.54) is 12.8 Å². The molecule has 0 atom stereocenters. The largest absolute Gasteiger partial charge is 0.385 e. The van der Waals surface area contributed by atoms with Gasteiger partial charge in [-0.25, -0.2) is 4.79 Å². The number of benzene rings is 2. The summed E-state index contributed by atoms with van der Waals surface area (Å²) in [6.45, 7) is 3.60. The fourth-order valence-corrected chi connectivity index (χ4v) is 5.33. The zero-order valence-corrected chi connectivity index (χ0v) is 20.7. The number of nitrogens with zero attached hydrogens (tertiary/aromatic N) is 3. The van der Waals surface area contributed by atoms with Gasteiger partial charge in [-0.05, 0) is 87.5 Å². The summed E-state index contributed by atoms with van der Waals surface area (Å²) in [5.74, 6) is 0. The van der Waals surface area contributed by atoms with Gasteiger partial charge in [0.15, 0.2) is 0 Å². The summed E-state index contributed by atoms with van der Waals surface area (Å²) in [6, 6.07) is 14.3. The van der Waals surface area contributed by atoms with Crippen LogP contribution < -0.4 is 5.32 Å². The molecule has 2 amide bonds. The molecule has 6 nitrogen and oxygen atoms in total. The predicted molar refractivity (Wildman–Crippen MR) is 135 cm³/mol. The number of anilines is 1. The van der Waals surface area contributed by atoms with E-state index in [0.29, 0.717) is 53.5 Å². The molecule has 1 aliphatic carbocycles. The lowest BCUT2D eigenvalue weighted by Crippen LogP contribution is -2.49. The monoisotopic (exact) mass is 500 g/mol. The molecule has 1 heterocycles. The quantitative estimate of drug-likeness (QED) is 0.538. The smallest absolute Gasteiger partial charge is 0.322 e. The van der Waals surface area contributed by atoms with E-state index >= 15 is 0 Å². The van der Waals surface area contributed by atoms with E-state index in [2.05, 4.69) is 16.3 Å². The highest BCUT2D eigenvalue weighted by atomic mass is 35.5. The minimum absolute atomic E-state index is 0.0183. The molecule has 4 rings (SSSR count). The summed E-state index contributed by atoms with van der Waals surface area (Å²) in [7, 11) is 0. The molecular weight excluding hydrogens is 471 g/mol. The first-order chi connectivity index (χ1) is 16.4. The number of amides is 2. The van der Waals surface area contributed by atoms with Crippen molar-refractivity contribution in [1.29, 1.82) is 5.26 Å². The number of carbonyl (C=O) groups excluding carboxylic acids is 1. The van der Waals surface area contributed by atoms with Crippen molar-refractivity contribution in [3.63, 3.8) is 0 Å². The fourth-order valence-electron chi connectivity index (χ4n) is 5.03. The molecule has 0 aromatic heterocycles. The number of rotatable bonds is 6. The molecule has 1 saturated carbocycles. The second-order valence-electron chi connectivity index (χ2n) is 9.26. The number of urea groups is 1. The fraction of sp³-hybridized carbons (Fsp3) is 0.462. The predicted octanol–water partition coefficient (Wildman–Crippen LogP) is 5.63. The lowest BCUT2D eigenvalue weighted by atomic mass is 9.77. The number of likely N-dealkylation sites (tertiary alicyclic amines) is 1. The molecule has 0 bridgehead atoms.